The number of urea groups is 1. The van der Waals surface area contributed by atoms with E-state index in [4.69, 9.17) is 9.47 Å². The molecule has 0 aliphatic carbocycles. The number of hydrogen-bond donors (Lipinski definition) is 3. The monoisotopic (exact) mass is 469 g/mol. The van der Waals surface area contributed by atoms with Gasteiger partial charge in [0.1, 0.15) is 5.75 Å². The maximum Gasteiger partial charge on any atom is 0.323 e. The van der Waals surface area contributed by atoms with E-state index in [9.17, 15) is 9.59 Å². The molecular formula is C25H35N5O4. The molecule has 34 heavy (non-hydrogen) atoms. The van der Waals surface area contributed by atoms with Gasteiger partial charge in [0.25, 0.3) is 5.91 Å². The summed E-state index contributed by atoms with van der Waals surface area (Å²) in [5, 5.41) is 8.62. The third-order valence-electron chi connectivity index (χ3n) is 5.46. The van der Waals surface area contributed by atoms with Crippen molar-refractivity contribution >= 4 is 29.0 Å². The molecule has 2 aromatic rings. The molecule has 0 radical (unpaired) electrons. The van der Waals surface area contributed by atoms with Gasteiger partial charge in [0, 0.05) is 45.1 Å². The van der Waals surface area contributed by atoms with E-state index >= 15 is 0 Å². The topological polar surface area (TPSA) is 95.2 Å². The summed E-state index contributed by atoms with van der Waals surface area (Å²) in [7, 11) is 3.77. The zero-order valence-electron chi connectivity index (χ0n) is 20.2. The smallest absolute Gasteiger partial charge is 0.323 e. The summed E-state index contributed by atoms with van der Waals surface area (Å²) in [6, 6.07) is 12.1. The molecule has 0 aromatic heterocycles. The van der Waals surface area contributed by atoms with Gasteiger partial charge in [0.05, 0.1) is 31.1 Å². The Kier molecular flexibility index (Phi) is 9.54. The fraction of sp³-hybridized carbons (Fsp3) is 0.440. The van der Waals surface area contributed by atoms with Crippen molar-refractivity contribution in [1.82, 2.24) is 10.2 Å². The quantitative estimate of drug-likeness (QED) is 0.463. The van der Waals surface area contributed by atoms with Crippen LogP contribution < -0.4 is 25.6 Å². The number of carbonyl (C=O) groups excluding carboxylic acids is 2. The largest absolute Gasteiger partial charge is 0.492 e. The van der Waals surface area contributed by atoms with Crippen molar-refractivity contribution in [3.05, 3.63) is 48.0 Å². The Balaban J connectivity index is 1.61. The average Bonchev–Trinajstić information content (AvgIpc) is 2.83. The Morgan fingerprint density at radius 2 is 1.85 bits per heavy atom. The fourth-order valence-electron chi connectivity index (χ4n) is 3.75. The van der Waals surface area contributed by atoms with Crippen LogP contribution in [-0.4, -0.2) is 76.9 Å². The van der Waals surface area contributed by atoms with Gasteiger partial charge in [0.15, 0.2) is 0 Å². The molecule has 0 unspecified atom stereocenters. The van der Waals surface area contributed by atoms with Crippen molar-refractivity contribution in [2.24, 2.45) is 0 Å². The number of carbonyl (C=O) groups is 2. The van der Waals surface area contributed by atoms with Gasteiger partial charge in [-0.2, -0.15) is 0 Å². The van der Waals surface area contributed by atoms with Gasteiger partial charge in [-0.15, -0.1) is 0 Å². The normalized spacial score (nSPS) is 13.7. The number of rotatable bonds is 10. The minimum Gasteiger partial charge on any atom is -0.492 e. The highest BCUT2D eigenvalue weighted by molar-refractivity contribution is 6.04. The van der Waals surface area contributed by atoms with Crippen LogP contribution in [0.15, 0.2) is 42.5 Å². The minimum atomic E-state index is -0.415. The molecule has 0 spiro atoms. The molecule has 1 heterocycles. The van der Waals surface area contributed by atoms with Crippen molar-refractivity contribution in [3.63, 3.8) is 0 Å². The number of nitrogens with one attached hydrogen (secondary N) is 3. The van der Waals surface area contributed by atoms with Crippen LogP contribution >= 0.6 is 0 Å². The lowest BCUT2D eigenvalue weighted by molar-refractivity contribution is 0.0374. The van der Waals surface area contributed by atoms with Crippen molar-refractivity contribution < 1.29 is 19.1 Å². The second kappa shape index (κ2) is 12.8. The molecule has 3 rings (SSSR count). The summed E-state index contributed by atoms with van der Waals surface area (Å²) in [6.45, 7) is 7.29. The molecule has 1 aliphatic rings. The van der Waals surface area contributed by atoms with E-state index in [1.165, 1.54) is 0 Å². The molecule has 3 amide bonds. The van der Waals surface area contributed by atoms with Crippen LogP contribution in [0.1, 0.15) is 23.7 Å². The first-order valence-electron chi connectivity index (χ1n) is 11.7. The Morgan fingerprint density at radius 3 is 2.59 bits per heavy atom. The molecule has 0 bridgehead atoms. The number of benzene rings is 2. The van der Waals surface area contributed by atoms with Gasteiger partial charge < -0.3 is 30.3 Å². The predicted octanol–water partition coefficient (Wildman–Crippen LogP) is 3.25. The first-order valence-corrected chi connectivity index (χ1v) is 11.7. The first kappa shape index (κ1) is 25.3. The molecule has 0 saturated carbocycles. The van der Waals surface area contributed by atoms with E-state index in [-0.39, 0.29) is 5.91 Å². The van der Waals surface area contributed by atoms with Gasteiger partial charge in [-0.3, -0.25) is 9.69 Å². The van der Waals surface area contributed by atoms with E-state index in [2.05, 4.69) is 20.9 Å². The first-order chi connectivity index (χ1) is 16.5. The van der Waals surface area contributed by atoms with Crippen LogP contribution in [0.4, 0.5) is 21.9 Å². The molecule has 9 heteroatoms. The van der Waals surface area contributed by atoms with Crippen LogP contribution in [-0.2, 0) is 4.74 Å². The van der Waals surface area contributed by atoms with Crippen molar-refractivity contribution in [3.8, 4) is 5.75 Å². The highest BCUT2D eigenvalue weighted by Crippen LogP contribution is 2.25. The van der Waals surface area contributed by atoms with Crippen LogP contribution in [0.5, 0.6) is 5.75 Å². The fourth-order valence-corrected chi connectivity index (χ4v) is 3.75. The van der Waals surface area contributed by atoms with Crippen molar-refractivity contribution in [1.29, 1.82) is 0 Å². The lowest BCUT2D eigenvalue weighted by Gasteiger charge is -2.26. The summed E-state index contributed by atoms with van der Waals surface area (Å²) in [6.07, 6.45) is 0.864. The molecule has 1 fully saturated rings. The molecule has 1 saturated heterocycles. The van der Waals surface area contributed by atoms with E-state index in [0.29, 0.717) is 35.8 Å². The summed E-state index contributed by atoms with van der Waals surface area (Å²) in [5.74, 6) is 0.427. The Hall–Kier alpha value is -3.30. The highest BCUT2D eigenvalue weighted by atomic mass is 16.5. The molecule has 3 N–H and O–H groups in total. The van der Waals surface area contributed by atoms with Crippen molar-refractivity contribution in [2.45, 2.75) is 13.3 Å². The third kappa shape index (κ3) is 7.36. The lowest BCUT2D eigenvalue weighted by atomic mass is 10.1. The van der Waals surface area contributed by atoms with Crippen LogP contribution in [0.2, 0.25) is 0 Å². The summed E-state index contributed by atoms with van der Waals surface area (Å²) >= 11 is 0. The molecule has 184 valence electrons. The van der Waals surface area contributed by atoms with E-state index in [0.717, 1.165) is 45.0 Å². The molecule has 0 atom stereocenters. The maximum atomic E-state index is 13.0. The predicted molar refractivity (Wildman–Crippen MR) is 135 cm³/mol. The summed E-state index contributed by atoms with van der Waals surface area (Å²) < 4.78 is 10.9. The average molecular weight is 470 g/mol. The second-order valence-corrected chi connectivity index (χ2v) is 8.20. The van der Waals surface area contributed by atoms with Crippen molar-refractivity contribution in [2.75, 3.05) is 75.6 Å². The molecule has 2 aromatic carbocycles. The number of hydrogen-bond acceptors (Lipinski definition) is 6. The molecule has 1 aliphatic heterocycles. The Bertz CT molecular complexity index is 960. The maximum absolute atomic E-state index is 13.0. The lowest BCUT2D eigenvalue weighted by Crippen LogP contribution is -2.38. The highest BCUT2D eigenvalue weighted by Gasteiger charge is 2.16. The summed E-state index contributed by atoms with van der Waals surface area (Å²) in [5.41, 5.74) is 2.38. The number of anilines is 3. The van der Waals surface area contributed by atoms with Gasteiger partial charge in [-0.1, -0.05) is 12.1 Å². The second-order valence-electron chi connectivity index (χ2n) is 8.20. The van der Waals surface area contributed by atoms with Crippen LogP contribution in [0.3, 0.4) is 0 Å². The van der Waals surface area contributed by atoms with Crippen LogP contribution in [0.25, 0.3) is 0 Å². The zero-order valence-corrected chi connectivity index (χ0v) is 20.2. The third-order valence-corrected chi connectivity index (χ3v) is 5.46. The SMILES string of the molecule is CCOc1ccccc1NC(=O)Nc1ccc(N(C)C)c(C(=O)NCCCN2CCOCC2)c1. The number of morpholine rings is 1. The Labute approximate surface area is 201 Å². The Morgan fingerprint density at radius 1 is 1.09 bits per heavy atom. The number of ether oxygens (including phenoxy) is 2. The standard InChI is InChI=1S/C25H35N5O4/c1-4-34-23-9-6-5-8-21(23)28-25(32)27-19-10-11-22(29(2)3)20(18-19)24(31)26-12-7-13-30-14-16-33-17-15-30/h5-6,8-11,18H,4,7,12-17H2,1-3H3,(H,26,31)(H2,27,28,32). The number of para-hydroxylation sites is 2. The van der Waals surface area contributed by atoms with Gasteiger partial charge in [-0.25, -0.2) is 4.79 Å². The van der Waals surface area contributed by atoms with Gasteiger partial charge in [0.2, 0.25) is 0 Å². The van der Waals surface area contributed by atoms with Crippen LogP contribution in [0, 0.1) is 0 Å². The molecular weight excluding hydrogens is 434 g/mol. The zero-order chi connectivity index (χ0) is 24.3. The molecule has 9 nitrogen and oxygen atoms in total. The number of amides is 3. The summed E-state index contributed by atoms with van der Waals surface area (Å²) in [4.78, 5) is 29.8. The minimum absolute atomic E-state index is 0.170. The van der Waals surface area contributed by atoms with Gasteiger partial charge >= 0.3 is 6.03 Å². The van der Waals surface area contributed by atoms with E-state index in [1.807, 2.05) is 44.1 Å². The van der Waals surface area contributed by atoms with Gasteiger partial charge in [-0.05, 0) is 50.2 Å². The van der Waals surface area contributed by atoms with E-state index in [1.54, 1.807) is 24.3 Å². The number of nitrogens with zero attached hydrogens (tertiary/aromatic N) is 2. The van der Waals surface area contributed by atoms with E-state index < -0.39 is 6.03 Å².